The lowest BCUT2D eigenvalue weighted by molar-refractivity contribution is -0.348. The summed E-state index contributed by atoms with van der Waals surface area (Å²) in [5.41, 5.74) is -6.61. The van der Waals surface area contributed by atoms with Crippen molar-refractivity contribution in [3.63, 3.8) is 0 Å². The van der Waals surface area contributed by atoms with Gasteiger partial charge in [-0.25, -0.2) is 4.79 Å². The average molecular weight is 549 g/mol. The molecule has 2 bridgehead atoms. The molecule has 214 valence electrons. The Bertz CT molecular complexity index is 1150. The van der Waals surface area contributed by atoms with Gasteiger partial charge in [0.05, 0.1) is 22.7 Å². The Balaban J connectivity index is 2.01. The molecule has 1 aromatic carbocycles. The van der Waals surface area contributed by atoms with Crippen molar-refractivity contribution >= 4 is 23.9 Å². The zero-order valence-electron chi connectivity index (χ0n) is 23.0. The Hall–Kier alpha value is -3.02. The highest BCUT2D eigenvalue weighted by Gasteiger charge is 2.86. The molecule has 1 aromatic rings. The number of carbonyl (C=O) groups is 4. The molecule has 0 radical (unpaired) electrons. The second kappa shape index (κ2) is 9.87. The highest BCUT2D eigenvalue weighted by atomic mass is 16.6. The standard InChI is InChI=1S/C28H36O11/c1-15(29)35-14-27-19(38-24(33)18-10-8-7-9-11-18)12-13-26(6,34)28(27)22(36-16(2)30)20(25(4,5)39-28)21(32)23(27)37-17(3)31/h7-11,19-23,32,34H,12-14H2,1-6H3/t19-,20+,21-,22-,23-,26-,27-,28-/m1/s1. The van der Waals surface area contributed by atoms with E-state index in [4.69, 9.17) is 23.7 Å². The summed E-state index contributed by atoms with van der Waals surface area (Å²) in [6, 6.07) is 8.17. The lowest BCUT2D eigenvalue weighted by atomic mass is 9.46. The van der Waals surface area contributed by atoms with Crippen LogP contribution in [0.1, 0.15) is 64.7 Å². The predicted octanol–water partition coefficient (Wildman–Crippen LogP) is 1.71. The van der Waals surface area contributed by atoms with Gasteiger partial charge >= 0.3 is 23.9 Å². The normalized spacial score (nSPS) is 38.2. The van der Waals surface area contributed by atoms with Gasteiger partial charge in [-0.15, -0.1) is 0 Å². The molecule has 8 atom stereocenters. The van der Waals surface area contributed by atoms with Crippen LogP contribution in [0.25, 0.3) is 0 Å². The maximum atomic E-state index is 13.3. The number of aliphatic hydroxyl groups excluding tert-OH is 1. The highest BCUT2D eigenvalue weighted by molar-refractivity contribution is 5.89. The summed E-state index contributed by atoms with van der Waals surface area (Å²) in [6.45, 7) is 7.73. The number of aliphatic hydroxyl groups is 2. The third-order valence-electron chi connectivity index (χ3n) is 8.46. The van der Waals surface area contributed by atoms with Crippen molar-refractivity contribution in [1.82, 2.24) is 0 Å². The number of hydrogen-bond donors (Lipinski definition) is 2. The Morgan fingerprint density at radius 1 is 0.923 bits per heavy atom. The molecule has 3 aliphatic rings. The molecule has 11 heteroatoms. The van der Waals surface area contributed by atoms with Gasteiger partial charge in [0.25, 0.3) is 0 Å². The Labute approximate surface area is 226 Å². The summed E-state index contributed by atoms with van der Waals surface area (Å²) < 4.78 is 29.8. The molecule has 2 N–H and O–H groups in total. The number of ether oxygens (including phenoxy) is 5. The van der Waals surface area contributed by atoms with Gasteiger partial charge in [0.1, 0.15) is 36.4 Å². The second-order valence-corrected chi connectivity index (χ2v) is 11.4. The van der Waals surface area contributed by atoms with Crippen molar-refractivity contribution in [2.24, 2.45) is 11.3 Å². The predicted molar refractivity (Wildman–Crippen MR) is 133 cm³/mol. The molecule has 1 spiro atoms. The van der Waals surface area contributed by atoms with E-state index in [0.717, 1.165) is 6.92 Å². The fourth-order valence-electron chi connectivity index (χ4n) is 7.14. The molecule has 3 fully saturated rings. The first-order valence-corrected chi connectivity index (χ1v) is 12.9. The van der Waals surface area contributed by atoms with Crippen molar-refractivity contribution in [3.05, 3.63) is 35.9 Å². The van der Waals surface area contributed by atoms with Crippen LogP contribution in [0.15, 0.2) is 30.3 Å². The topological polar surface area (TPSA) is 155 Å². The first-order valence-electron chi connectivity index (χ1n) is 12.9. The molecule has 2 saturated carbocycles. The Kier molecular flexibility index (Phi) is 7.33. The molecule has 0 aromatic heterocycles. The Morgan fingerprint density at radius 3 is 2.08 bits per heavy atom. The van der Waals surface area contributed by atoms with E-state index in [0.29, 0.717) is 0 Å². The molecular weight excluding hydrogens is 512 g/mol. The minimum Gasteiger partial charge on any atom is -0.465 e. The summed E-state index contributed by atoms with van der Waals surface area (Å²) in [5, 5.41) is 23.9. The highest BCUT2D eigenvalue weighted by Crippen LogP contribution is 2.68. The van der Waals surface area contributed by atoms with E-state index in [9.17, 15) is 29.4 Å². The molecule has 1 heterocycles. The van der Waals surface area contributed by atoms with E-state index in [1.165, 1.54) is 20.8 Å². The molecule has 0 unspecified atom stereocenters. The van der Waals surface area contributed by atoms with Crippen LogP contribution >= 0.6 is 0 Å². The third-order valence-corrected chi connectivity index (χ3v) is 8.46. The van der Waals surface area contributed by atoms with Gasteiger partial charge < -0.3 is 33.9 Å². The van der Waals surface area contributed by atoms with E-state index in [2.05, 4.69) is 0 Å². The van der Waals surface area contributed by atoms with Gasteiger partial charge in [-0.2, -0.15) is 0 Å². The molecule has 0 amide bonds. The maximum Gasteiger partial charge on any atom is 0.338 e. The molecule has 1 aliphatic heterocycles. The SMILES string of the molecule is CC(=O)OC[C@@]12[C@H](OC(C)=O)[C@H](O)[C@H]3[C@@H](OC(C)=O)[C@@]1(OC3(C)C)[C@](C)(O)CC[C@H]2OC(=O)c1ccccc1. The maximum absolute atomic E-state index is 13.3. The molecular formula is C28H36O11. The quantitative estimate of drug-likeness (QED) is 0.394. The van der Waals surface area contributed by atoms with Crippen molar-refractivity contribution in [1.29, 1.82) is 0 Å². The molecule has 1 saturated heterocycles. The van der Waals surface area contributed by atoms with E-state index in [1.54, 1.807) is 44.2 Å². The van der Waals surface area contributed by atoms with Crippen molar-refractivity contribution in [2.75, 3.05) is 6.61 Å². The van der Waals surface area contributed by atoms with Crippen LogP contribution in [0, 0.1) is 11.3 Å². The number of benzene rings is 1. The van der Waals surface area contributed by atoms with E-state index in [1.807, 2.05) is 0 Å². The van der Waals surface area contributed by atoms with Crippen molar-refractivity contribution in [2.45, 2.75) is 95.6 Å². The number of rotatable bonds is 6. The summed E-state index contributed by atoms with van der Waals surface area (Å²) in [4.78, 5) is 50.4. The minimum atomic E-state index is -1.94. The zero-order chi connectivity index (χ0) is 29.0. The summed E-state index contributed by atoms with van der Waals surface area (Å²) in [7, 11) is 0. The third kappa shape index (κ3) is 4.40. The minimum absolute atomic E-state index is 0.0189. The van der Waals surface area contributed by atoms with Gasteiger partial charge in [-0.05, 0) is 45.7 Å². The lowest BCUT2D eigenvalue weighted by Crippen LogP contribution is -2.83. The Morgan fingerprint density at radius 2 is 1.51 bits per heavy atom. The van der Waals surface area contributed by atoms with Gasteiger partial charge in [0, 0.05) is 20.8 Å². The van der Waals surface area contributed by atoms with Crippen molar-refractivity contribution in [3.8, 4) is 0 Å². The monoisotopic (exact) mass is 548 g/mol. The van der Waals surface area contributed by atoms with Crippen LogP contribution in [-0.2, 0) is 38.1 Å². The van der Waals surface area contributed by atoms with Gasteiger partial charge in [0.2, 0.25) is 0 Å². The first kappa shape index (κ1) is 29.0. The largest absolute Gasteiger partial charge is 0.465 e. The second-order valence-electron chi connectivity index (χ2n) is 11.4. The fraction of sp³-hybridized carbons (Fsp3) is 0.643. The van der Waals surface area contributed by atoms with Crippen LogP contribution in [0.5, 0.6) is 0 Å². The van der Waals surface area contributed by atoms with Crippen LogP contribution in [0.3, 0.4) is 0 Å². The van der Waals surface area contributed by atoms with Gasteiger partial charge in [-0.1, -0.05) is 18.2 Å². The first-order chi connectivity index (χ1) is 18.1. The van der Waals surface area contributed by atoms with E-state index >= 15 is 0 Å². The van der Waals surface area contributed by atoms with Crippen molar-refractivity contribution < 1.29 is 53.1 Å². The zero-order valence-corrected chi connectivity index (χ0v) is 23.0. The summed E-state index contributed by atoms with van der Waals surface area (Å²) in [5.74, 6) is -3.87. The van der Waals surface area contributed by atoms with Crippen LogP contribution < -0.4 is 0 Å². The summed E-state index contributed by atoms with van der Waals surface area (Å²) in [6.07, 6.45) is -5.45. The van der Waals surface area contributed by atoms with E-state index in [-0.39, 0.29) is 18.4 Å². The smallest absolute Gasteiger partial charge is 0.338 e. The lowest BCUT2D eigenvalue weighted by Gasteiger charge is -2.65. The molecule has 39 heavy (non-hydrogen) atoms. The number of carbonyl (C=O) groups excluding carboxylic acids is 4. The molecule has 11 nitrogen and oxygen atoms in total. The molecule has 2 aliphatic carbocycles. The van der Waals surface area contributed by atoms with Crippen LogP contribution in [0.4, 0.5) is 0 Å². The van der Waals surface area contributed by atoms with Crippen LogP contribution in [0.2, 0.25) is 0 Å². The van der Waals surface area contributed by atoms with Gasteiger partial charge in [0.15, 0.2) is 5.60 Å². The summed E-state index contributed by atoms with van der Waals surface area (Å²) >= 11 is 0. The molecule has 4 rings (SSSR count). The number of fused-ring (bicyclic) bond motifs is 1. The fourth-order valence-corrected chi connectivity index (χ4v) is 7.14. The average Bonchev–Trinajstić information content (AvgIpc) is 3.04. The van der Waals surface area contributed by atoms with E-state index < -0.39 is 83.0 Å². The van der Waals surface area contributed by atoms with Crippen LogP contribution in [-0.4, -0.2) is 81.9 Å². The number of esters is 4. The van der Waals surface area contributed by atoms with Gasteiger partial charge in [-0.3, -0.25) is 14.4 Å². The number of hydrogen-bond acceptors (Lipinski definition) is 11.